The maximum absolute atomic E-state index is 11.4. The van der Waals surface area contributed by atoms with Gasteiger partial charge in [-0.15, -0.1) is 22.9 Å². The number of thiophene rings is 1. The Labute approximate surface area is 100 Å². The molecule has 86 valence electrons. The van der Waals surface area contributed by atoms with Gasteiger partial charge in [0.15, 0.2) is 9.84 Å². The first-order valence-electron chi connectivity index (χ1n) is 4.63. The molecule has 0 aromatic carbocycles. The van der Waals surface area contributed by atoms with E-state index in [-0.39, 0.29) is 0 Å². The van der Waals surface area contributed by atoms with E-state index < -0.39 is 20.5 Å². The van der Waals surface area contributed by atoms with Gasteiger partial charge in [0, 0.05) is 16.0 Å². The molecule has 0 fully saturated rings. The van der Waals surface area contributed by atoms with Crippen LogP contribution in [0.3, 0.4) is 0 Å². The molecule has 1 heterocycles. The van der Waals surface area contributed by atoms with Crippen molar-refractivity contribution in [3.05, 3.63) is 21.4 Å². The summed E-state index contributed by atoms with van der Waals surface area (Å²) in [7, 11) is -3.09. The van der Waals surface area contributed by atoms with Gasteiger partial charge in [0.2, 0.25) is 0 Å². The van der Waals surface area contributed by atoms with Gasteiger partial charge in [-0.05, 0) is 32.4 Å². The van der Waals surface area contributed by atoms with E-state index in [0.717, 1.165) is 15.3 Å². The Morgan fingerprint density at radius 3 is 2.27 bits per heavy atom. The van der Waals surface area contributed by atoms with Crippen molar-refractivity contribution in [3.8, 4) is 0 Å². The first-order chi connectivity index (χ1) is 6.73. The molecular formula is C10H15ClO2S2. The summed E-state index contributed by atoms with van der Waals surface area (Å²) in [6.45, 7) is 5.62. The van der Waals surface area contributed by atoms with Gasteiger partial charge in [0.05, 0.1) is 10.6 Å². The van der Waals surface area contributed by atoms with Crippen LogP contribution in [0.1, 0.15) is 27.6 Å². The molecule has 0 radical (unpaired) electrons. The summed E-state index contributed by atoms with van der Waals surface area (Å²) in [6, 6.07) is 1.97. The molecule has 15 heavy (non-hydrogen) atoms. The van der Waals surface area contributed by atoms with Gasteiger partial charge < -0.3 is 0 Å². The van der Waals surface area contributed by atoms with Crippen LogP contribution in [0.2, 0.25) is 0 Å². The quantitative estimate of drug-likeness (QED) is 0.788. The Morgan fingerprint density at radius 2 is 1.93 bits per heavy atom. The van der Waals surface area contributed by atoms with E-state index in [2.05, 4.69) is 0 Å². The van der Waals surface area contributed by atoms with E-state index in [1.807, 2.05) is 19.9 Å². The predicted octanol–water partition coefficient (Wildman–Crippen LogP) is 3.08. The van der Waals surface area contributed by atoms with Crippen molar-refractivity contribution >= 4 is 32.8 Å². The first-order valence-corrected chi connectivity index (χ1v) is 7.84. The topological polar surface area (TPSA) is 34.1 Å². The molecule has 2 atom stereocenters. The van der Waals surface area contributed by atoms with Crippen LogP contribution in [0.25, 0.3) is 0 Å². The van der Waals surface area contributed by atoms with Crippen LogP contribution < -0.4 is 0 Å². The van der Waals surface area contributed by atoms with Crippen LogP contribution in [0.4, 0.5) is 0 Å². The molecule has 2 unspecified atom stereocenters. The lowest BCUT2D eigenvalue weighted by molar-refractivity contribution is 0.587. The third-order valence-electron chi connectivity index (χ3n) is 2.46. The molecule has 0 bridgehead atoms. The lowest BCUT2D eigenvalue weighted by atomic mass is 10.1. The van der Waals surface area contributed by atoms with E-state index in [4.69, 9.17) is 11.6 Å². The van der Waals surface area contributed by atoms with Crippen LogP contribution >= 0.6 is 22.9 Å². The molecule has 0 aliphatic heterocycles. The van der Waals surface area contributed by atoms with Crippen molar-refractivity contribution in [1.29, 1.82) is 0 Å². The fraction of sp³-hybridized carbons (Fsp3) is 0.600. The van der Waals surface area contributed by atoms with Gasteiger partial charge in [0.25, 0.3) is 0 Å². The smallest absolute Gasteiger partial charge is 0.151 e. The molecule has 0 saturated heterocycles. The Kier molecular flexibility index (Phi) is 3.85. The molecule has 0 aliphatic rings. The molecule has 2 nitrogen and oxygen atoms in total. The molecule has 1 aromatic heterocycles. The van der Waals surface area contributed by atoms with Crippen LogP contribution in [-0.2, 0) is 9.84 Å². The summed E-state index contributed by atoms with van der Waals surface area (Å²) < 4.78 is 22.8. The van der Waals surface area contributed by atoms with Gasteiger partial charge in [0.1, 0.15) is 0 Å². The Morgan fingerprint density at radius 1 is 1.40 bits per heavy atom. The summed E-state index contributed by atoms with van der Waals surface area (Å²) in [5, 5.41) is -1.00. The summed E-state index contributed by atoms with van der Waals surface area (Å²) in [4.78, 5) is 2.26. The van der Waals surface area contributed by atoms with Crippen LogP contribution in [-0.4, -0.2) is 19.9 Å². The second kappa shape index (κ2) is 4.44. The number of hydrogen-bond acceptors (Lipinski definition) is 3. The molecule has 0 aliphatic carbocycles. The minimum atomic E-state index is -3.09. The molecule has 0 N–H and O–H groups in total. The zero-order valence-electron chi connectivity index (χ0n) is 9.24. The Balaban J connectivity index is 3.05. The molecule has 0 spiro atoms. The minimum Gasteiger partial charge on any atom is -0.229 e. The highest BCUT2D eigenvalue weighted by atomic mass is 35.5. The monoisotopic (exact) mass is 266 g/mol. The summed E-state index contributed by atoms with van der Waals surface area (Å²) in [6.07, 6.45) is 1.22. The predicted molar refractivity (Wildman–Crippen MR) is 66.7 cm³/mol. The largest absolute Gasteiger partial charge is 0.229 e. The van der Waals surface area contributed by atoms with Gasteiger partial charge in [-0.2, -0.15) is 0 Å². The maximum Gasteiger partial charge on any atom is 0.151 e. The number of hydrogen-bond donors (Lipinski definition) is 0. The molecular weight excluding hydrogens is 252 g/mol. The molecule has 5 heteroatoms. The number of rotatable bonds is 3. The molecule has 1 rings (SSSR count). The van der Waals surface area contributed by atoms with Gasteiger partial charge in [-0.25, -0.2) is 8.42 Å². The average molecular weight is 267 g/mol. The van der Waals surface area contributed by atoms with E-state index in [9.17, 15) is 8.42 Å². The summed E-state index contributed by atoms with van der Waals surface area (Å²) in [5.41, 5.74) is 0.942. The van der Waals surface area contributed by atoms with Crippen molar-refractivity contribution < 1.29 is 8.42 Å². The molecule has 0 saturated carbocycles. The third kappa shape index (κ3) is 2.95. The maximum atomic E-state index is 11.4. The molecule has 1 aromatic rings. The third-order valence-corrected chi connectivity index (χ3v) is 5.83. The van der Waals surface area contributed by atoms with E-state index >= 15 is 0 Å². The van der Waals surface area contributed by atoms with Crippen molar-refractivity contribution in [2.75, 3.05) is 6.26 Å². The highest BCUT2D eigenvalue weighted by Gasteiger charge is 2.27. The van der Waals surface area contributed by atoms with E-state index in [1.165, 1.54) is 6.26 Å². The van der Waals surface area contributed by atoms with Crippen LogP contribution in [0, 0.1) is 13.8 Å². The highest BCUT2D eigenvalue weighted by Crippen LogP contribution is 2.34. The van der Waals surface area contributed by atoms with Crippen molar-refractivity contribution in [2.45, 2.75) is 31.4 Å². The second-order valence-electron chi connectivity index (χ2n) is 3.80. The van der Waals surface area contributed by atoms with Crippen molar-refractivity contribution in [2.24, 2.45) is 0 Å². The Hall–Kier alpha value is -0.0600. The standard InChI is InChI=1S/C10H15ClO2S2/c1-6-5-9(7(2)14-6)10(11)8(3)15(4,12)13/h5,8,10H,1-4H3. The van der Waals surface area contributed by atoms with Crippen molar-refractivity contribution in [1.82, 2.24) is 0 Å². The number of alkyl halides is 1. The van der Waals surface area contributed by atoms with E-state index in [0.29, 0.717) is 0 Å². The molecule has 0 amide bonds. The highest BCUT2D eigenvalue weighted by molar-refractivity contribution is 7.91. The fourth-order valence-electron chi connectivity index (χ4n) is 1.39. The lowest BCUT2D eigenvalue weighted by Crippen LogP contribution is -2.21. The van der Waals surface area contributed by atoms with Crippen LogP contribution in [0.15, 0.2) is 6.07 Å². The number of sulfone groups is 1. The van der Waals surface area contributed by atoms with Gasteiger partial charge in [-0.3, -0.25) is 0 Å². The second-order valence-corrected chi connectivity index (χ2v) is 8.14. The Bertz CT molecular complexity index is 448. The van der Waals surface area contributed by atoms with Crippen molar-refractivity contribution in [3.63, 3.8) is 0 Å². The minimum absolute atomic E-state index is 0.454. The zero-order valence-corrected chi connectivity index (χ0v) is 11.6. The van der Waals surface area contributed by atoms with Crippen LogP contribution in [0.5, 0.6) is 0 Å². The number of aryl methyl sites for hydroxylation is 2. The normalized spacial score (nSPS) is 16.3. The lowest BCUT2D eigenvalue weighted by Gasteiger charge is -2.16. The van der Waals surface area contributed by atoms with E-state index in [1.54, 1.807) is 18.3 Å². The van der Waals surface area contributed by atoms with Gasteiger partial charge in [-0.1, -0.05) is 0 Å². The average Bonchev–Trinajstić information content (AvgIpc) is 2.41. The zero-order chi connectivity index (χ0) is 11.8. The van der Waals surface area contributed by atoms with Gasteiger partial charge >= 0.3 is 0 Å². The summed E-state index contributed by atoms with van der Waals surface area (Å²) >= 11 is 7.83. The summed E-state index contributed by atoms with van der Waals surface area (Å²) in [5.74, 6) is 0. The fourth-order valence-corrected chi connectivity index (χ4v) is 3.80. The SMILES string of the molecule is Cc1cc(C(Cl)C(C)S(C)(=O)=O)c(C)s1. The number of halogens is 1. The first kappa shape index (κ1) is 13.0.